The molecule has 3 rings (SSSR count). The third kappa shape index (κ3) is 1.96. The van der Waals surface area contributed by atoms with Gasteiger partial charge in [-0.05, 0) is 26.0 Å². The van der Waals surface area contributed by atoms with E-state index in [1.165, 1.54) is 23.8 Å². The lowest BCUT2D eigenvalue weighted by molar-refractivity contribution is 0.314. The highest BCUT2D eigenvalue weighted by Gasteiger charge is 2.27. The Balaban J connectivity index is 1.99. The molecule has 1 fully saturated rings. The van der Waals surface area contributed by atoms with Crippen LogP contribution in [0.4, 0.5) is 0 Å². The average Bonchev–Trinajstić information content (AvgIpc) is 3.14. The van der Waals surface area contributed by atoms with Crippen LogP contribution in [0.5, 0.6) is 0 Å². The molecule has 0 atom stereocenters. The molecule has 0 bridgehead atoms. The van der Waals surface area contributed by atoms with E-state index in [0.717, 1.165) is 23.9 Å². The van der Waals surface area contributed by atoms with E-state index in [4.69, 9.17) is 10.2 Å². The Morgan fingerprint density at radius 3 is 2.82 bits per heavy atom. The Labute approximate surface area is 101 Å². The molecule has 0 spiro atoms. The fourth-order valence-corrected chi connectivity index (χ4v) is 2.38. The molecule has 1 aromatic heterocycles. The summed E-state index contributed by atoms with van der Waals surface area (Å²) in [4.78, 5) is 2.40. The summed E-state index contributed by atoms with van der Waals surface area (Å²) < 4.78 is 5.80. The molecule has 2 N–H and O–H groups in total. The molecule has 3 heteroatoms. The summed E-state index contributed by atoms with van der Waals surface area (Å²) in [7, 11) is 2.18. The highest BCUT2D eigenvalue weighted by atomic mass is 16.3. The Morgan fingerprint density at radius 2 is 2.12 bits per heavy atom. The summed E-state index contributed by atoms with van der Waals surface area (Å²) in [6.07, 6.45) is 2.65. The van der Waals surface area contributed by atoms with Crippen molar-refractivity contribution in [1.82, 2.24) is 4.90 Å². The molecule has 3 nitrogen and oxygen atoms in total. The number of nitrogens with zero attached hydrogens (tertiary/aromatic N) is 1. The standard InChI is InChI=1S/C14H18N2O/c1-16(10-6-7-10)9-12-11-4-2-3-5-13(11)17-14(12)8-15/h2-5,10H,6-9,15H2,1H3. The summed E-state index contributed by atoms with van der Waals surface area (Å²) in [5.74, 6) is 0.929. The van der Waals surface area contributed by atoms with Crippen LogP contribution in [0, 0.1) is 0 Å². The normalized spacial score (nSPS) is 15.9. The largest absolute Gasteiger partial charge is 0.459 e. The van der Waals surface area contributed by atoms with Gasteiger partial charge in [0.05, 0.1) is 6.54 Å². The molecule has 1 heterocycles. The van der Waals surface area contributed by atoms with E-state index >= 15 is 0 Å². The van der Waals surface area contributed by atoms with Crippen LogP contribution in [0.2, 0.25) is 0 Å². The Bertz CT molecular complexity index is 528. The topological polar surface area (TPSA) is 42.4 Å². The Kier molecular flexibility index (Phi) is 2.65. The molecule has 0 radical (unpaired) electrons. The second-order valence-corrected chi connectivity index (χ2v) is 4.85. The maximum absolute atomic E-state index is 5.80. The molecular formula is C14H18N2O. The Morgan fingerprint density at radius 1 is 1.35 bits per heavy atom. The molecule has 1 aliphatic rings. The lowest BCUT2D eigenvalue weighted by atomic mass is 10.1. The average molecular weight is 230 g/mol. The minimum atomic E-state index is 0.475. The lowest BCUT2D eigenvalue weighted by Crippen LogP contribution is -2.20. The van der Waals surface area contributed by atoms with Crippen LogP contribution >= 0.6 is 0 Å². The van der Waals surface area contributed by atoms with Gasteiger partial charge in [0.1, 0.15) is 11.3 Å². The van der Waals surface area contributed by atoms with Gasteiger partial charge in [-0.2, -0.15) is 0 Å². The SMILES string of the molecule is CN(Cc1c(CN)oc2ccccc12)C1CC1. The molecule has 1 aromatic carbocycles. The van der Waals surface area contributed by atoms with Gasteiger partial charge in [0.2, 0.25) is 0 Å². The first-order chi connectivity index (χ1) is 8.29. The number of nitrogens with two attached hydrogens (primary N) is 1. The van der Waals surface area contributed by atoms with Crippen molar-refractivity contribution in [2.24, 2.45) is 5.73 Å². The van der Waals surface area contributed by atoms with E-state index < -0.39 is 0 Å². The molecule has 17 heavy (non-hydrogen) atoms. The summed E-state index contributed by atoms with van der Waals surface area (Å²) in [5, 5.41) is 1.21. The van der Waals surface area contributed by atoms with Crippen molar-refractivity contribution >= 4 is 11.0 Å². The summed E-state index contributed by atoms with van der Waals surface area (Å²) >= 11 is 0. The highest BCUT2D eigenvalue weighted by Crippen LogP contribution is 2.31. The van der Waals surface area contributed by atoms with Gasteiger partial charge in [0.15, 0.2) is 0 Å². The number of benzene rings is 1. The van der Waals surface area contributed by atoms with Crippen molar-refractivity contribution in [3.05, 3.63) is 35.6 Å². The fraction of sp³-hybridized carbons (Fsp3) is 0.429. The minimum Gasteiger partial charge on any atom is -0.459 e. The lowest BCUT2D eigenvalue weighted by Gasteiger charge is -2.15. The monoisotopic (exact) mass is 230 g/mol. The maximum Gasteiger partial charge on any atom is 0.134 e. The van der Waals surface area contributed by atoms with Gasteiger partial charge in [0, 0.05) is 23.5 Å². The fourth-order valence-electron chi connectivity index (χ4n) is 2.38. The van der Waals surface area contributed by atoms with Crippen LogP contribution < -0.4 is 5.73 Å². The second-order valence-electron chi connectivity index (χ2n) is 4.85. The van der Waals surface area contributed by atoms with E-state index in [-0.39, 0.29) is 0 Å². The van der Waals surface area contributed by atoms with Crippen molar-refractivity contribution in [2.75, 3.05) is 7.05 Å². The van der Waals surface area contributed by atoms with Crippen LogP contribution in [0.3, 0.4) is 0 Å². The molecule has 1 aliphatic carbocycles. The number of hydrogen-bond donors (Lipinski definition) is 1. The molecule has 2 aromatic rings. The van der Waals surface area contributed by atoms with Crippen molar-refractivity contribution in [3.8, 4) is 0 Å². The Hall–Kier alpha value is -1.32. The molecule has 1 saturated carbocycles. The van der Waals surface area contributed by atoms with Gasteiger partial charge in [-0.1, -0.05) is 18.2 Å². The summed E-state index contributed by atoms with van der Waals surface area (Å²) in [5.41, 5.74) is 7.98. The van der Waals surface area contributed by atoms with E-state index in [0.29, 0.717) is 6.54 Å². The number of hydrogen-bond acceptors (Lipinski definition) is 3. The van der Waals surface area contributed by atoms with Crippen LogP contribution in [-0.4, -0.2) is 18.0 Å². The number of fused-ring (bicyclic) bond motifs is 1. The smallest absolute Gasteiger partial charge is 0.134 e. The first-order valence-electron chi connectivity index (χ1n) is 6.19. The van der Waals surface area contributed by atoms with Gasteiger partial charge >= 0.3 is 0 Å². The third-order valence-electron chi connectivity index (χ3n) is 3.55. The summed E-state index contributed by atoms with van der Waals surface area (Å²) in [6, 6.07) is 8.94. The molecular weight excluding hydrogens is 212 g/mol. The third-order valence-corrected chi connectivity index (χ3v) is 3.55. The minimum absolute atomic E-state index is 0.475. The molecule has 0 unspecified atom stereocenters. The van der Waals surface area contributed by atoms with Gasteiger partial charge in [0.25, 0.3) is 0 Å². The van der Waals surface area contributed by atoms with Gasteiger partial charge in [-0.25, -0.2) is 0 Å². The molecule has 0 saturated heterocycles. The van der Waals surface area contributed by atoms with Crippen molar-refractivity contribution in [1.29, 1.82) is 0 Å². The highest BCUT2D eigenvalue weighted by molar-refractivity contribution is 5.82. The van der Waals surface area contributed by atoms with Gasteiger partial charge < -0.3 is 10.2 Å². The molecule has 0 amide bonds. The number of para-hydroxylation sites is 1. The predicted octanol–water partition coefficient (Wildman–Crippen LogP) is 2.49. The zero-order chi connectivity index (χ0) is 11.8. The van der Waals surface area contributed by atoms with Crippen molar-refractivity contribution in [3.63, 3.8) is 0 Å². The van der Waals surface area contributed by atoms with Crippen molar-refractivity contribution in [2.45, 2.75) is 32.0 Å². The van der Waals surface area contributed by atoms with Crippen LogP contribution in [0.25, 0.3) is 11.0 Å². The zero-order valence-corrected chi connectivity index (χ0v) is 10.1. The van der Waals surface area contributed by atoms with Crippen LogP contribution in [0.1, 0.15) is 24.2 Å². The van der Waals surface area contributed by atoms with Crippen molar-refractivity contribution < 1.29 is 4.42 Å². The van der Waals surface area contributed by atoms with E-state index in [1.807, 2.05) is 12.1 Å². The van der Waals surface area contributed by atoms with E-state index in [1.54, 1.807) is 0 Å². The number of furan rings is 1. The van der Waals surface area contributed by atoms with Gasteiger partial charge in [-0.3, -0.25) is 4.90 Å². The predicted molar refractivity (Wildman–Crippen MR) is 68.6 cm³/mol. The van der Waals surface area contributed by atoms with Crippen LogP contribution in [0.15, 0.2) is 28.7 Å². The maximum atomic E-state index is 5.80. The number of rotatable bonds is 4. The quantitative estimate of drug-likeness (QED) is 0.877. The first kappa shape index (κ1) is 10.8. The van der Waals surface area contributed by atoms with Gasteiger partial charge in [-0.15, -0.1) is 0 Å². The molecule has 0 aliphatic heterocycles. The van der Waals surface area contributed by atoms with E-state index in [2.05, 4.69) is 24.1 Å². The summed E-state index contributed by atoms with van der Waals surface area (Å²) in [6.45, 7) is 1.41. The second kappa shape index (κ2) is 4.17. The van der Waals surface area contributed by atoms with E-state index in [9.17, 15) is 0 Å². The molecule has 90 valence electrons. The first-order valence-corrected chi connectivity index (χ1v) is 6.19. The zero-order valence-electron chi connectivity index (χ0n) is 10.1. The van der Waals surface area contributed by atoms with Crippen LogP contribution in [-0.2, 0) is 13.1 Å².